The molecule has 1 heterocycles. The Morgan fingerprint density at radius 1 is 1.43 bits per heavy atom. The minimum Gasteiger partial charge on any atom is -0.390 e. The van der Waals surface area contributed by atoms with E-state index in [0.717, 1.165) is 24.8 Å². The molecule has 1 fully saturated rings. The molecule has 0 unspecified atom stereocenters. The van der Waals surface area contributed by atoms with Gasteiger partial charge in [0.25, 0.3) is 0 Å². The van der Waals surface area contributed by atoms with Gasteiger partial charge in [0.2, 0.25) is 0 Å². The van der Waals surface area contributed by atoms with E-state index < -0.39 is 5.60 Å². The van der Waals surface area contributed by atoms with E-state index in [9.17, 15) is 5.11 Å². The zero-order chi connectivity index (χ0) is 9.60. The van der Waals surface area contributed by atoms with Crippen molar-refractivity contribution in [3.05, 3.63) is 29.3 Å². The van der Waals surface area contributed by atoms with Gasteiger partial charge in [-0.25, -0.2) is 4.98 Å². The van der Waals surface area contributed by atoms with Crippen LogP contribution in [0.25, 0.3) is 10.2 Å². The lowest BCUT2D eigenvalue weighted by Gasteiger charge is -2.07. The summed E-state index contributed by atoms with van der Waals surface area (Å²) in [4.78, 5) is 4.34. The van der Waals surface area contributed by atoms with Crippen LogP contribution in [-0.4, -0.2) is 15.7 Å². The minimum atomic E-state index is -0.419. The van der Waals surface area contributed by atoms with Crippen molar-refractivity contribution in [2.75, 3.05) is 0 Å². The molecule has 1 N–H and O–H groups in total. The number of thiazole rings is 1. The van der Waals surface area contributed by atoms with Gasteiger partial charge in [-0.15, -0.1) is 11.3 Å². The van der Waals surface area contributed by atoms with Gasteiger partial charge < -0.3 is 5.11 Å². The van der Waals surface area contributed by atoms with Gasteiger partial charge in [0.1, 0.15) is 0 Å². The van der Waals surface area contributed by atoms with Crippen molar-refractivity contribution in [1.82, 2.24) is 4.98 Å². The molecule has 0 aliphatic heterocycles. The van der Waals surface area contributed by atoms with Gasteiger partial charge in [0.05, 0.1) is 21.3 Å². The Labute approximate surface area is 86.2 Å². The van der Waals surface area contributed by atoms with Gasteiger partial charge in [-0.1, -0.05) is 12.1 Å². The summed E-state index contributed by atoms with van der Waals surface area (Å²) in [6.45, 7) is 0. The van der Waals surface area contributed by atoms with Crippen molar-refractivity contribution in [3.8, 4) is 0 Å². The van der Waals surface area contributed by atoms with E-state index in [2.05, 4.69) is 17.1 Å². The summed E-state index contributed by atoms with van der Waals surface area (Å²) in [6.07, 6.45) is 2.63. The van der Waals surface area contributed by atoms with Crippen LogP contribution in [0.15, 0.2) is 23.7 Å². The Hall–Kier alpha value is -0.930. The Morgan fingerprint density at radius 3 is 3.07 bits per heavy atom. The molecule has 2 aromatic rings. The fourth-order valence-corrected chi connectivity index (χ4v) is 2.49. The summed E-state index contributed by atoms with van der Waals surface area (Å²) in [5.74, 6) is 0. The highest BCUT2D eigenvalue weighted by molar-refractivity contribution is 7.16. The zero-order valence-corrected chi connectivity index (χ0v) is 8.55. The standard InChI is InChI=1S/C11H11NOS/c13-11(4-5-11)6-8-2-1-3-9-10(8)12-7-14-9/h1-3,7,13H,4-6H2. The van der Waals surface area contributed by atoms with Crippen LogP contribution in [0.5, 0.6) is 0 Å². The van der Waals surface area contributed by atoms with Crippen LogP contribution in [0.1, 0.15) is 18.4 Å². The van der Waals surface area contributed by atoms with Crippen molar-refractivity contribution in [1.29, 1.82) is 0 Å². The Morgan fingerprint density at radius 2 is 2.29 bits per heavy atom. The normalized spacial score (nSPS) is 18.6. The smallest absolute Gasteiger partial charge is 0.0845 e. The highest BCUT2D eigenvalue weighted by Crippen LogP contribution is 2.39. The van der Waals surface area contributed by atoms with E-state index >= 15 is 0 Å². The summed E-state index contributed by atoms with van der Waals surface area (Å²) in [7, 11) is 0. The Kier molecular flexibility index (Phi) is 1.66. The summed E-state index contributed by atoms with van der Waals surface area (Å²) < 4.78 is 1.21. The lowest BCUT2D eigenvalue weighted by molar-refractivity contribution is 0.151. The molecule has 72 valence electrons. The first-order valence-corrected chi connectivity index (χ1v) is 5.68. The van der Waals surface area contributed by atoms with Crippen molar-refractivity contribution < 1.29 is 5.11 Å². The third-order valence-electron chi connectivity index (χ3n) is 2.79. The van der Waals surface area contributed by atoms with Gasteiger partial charge in [-0.05, 0) is 24.5 Å². The summed E-state index contributed by atoms with van der Waals surface area (Å²) >= 11 is 1.66. The average Bonchev–Trinajstić information content (AvgIpc) is 2.73. The fraction of sp³-hybridized carbons (Fsp3) is 0.364. The third-order valence-corrected chi connectivity index (χ3v) is 3.58. The molecule has 1 aromatic carbocycles. The number of rotatable bonds is 2. The second-order valence-corrected chi connectivity index (χ2v) is 4.90. The highest BCUT2D eigenvalue weighted by Gasteiger charge is 2.40. The maximum atomic E-state index is 9.85. The molecule has 3 heteroatoms. The number of fused-ring (bicyclic) bond motifs is 1. The molecule has 1 aliphatic rings. The second kappa shape index (κ2) is 2.78. The molecule has 0 bridgehead atoms. The fourth-order valence-electron chi connectivity index (χ4n) is 1.76. The Balaban J connectivity index is 2.06. The molecule has 14 heavy (non-hydrogen) atoms. The van der Waals surface area contributed by atoms with Gasteiger partial charge >= 0.3 is 0 Å². The minimum absolute atomic E-state index is 0.419. The quantitative estimate of drug-likeness (QED) is 0.816. The zero-order valence-electron chi connectivity index (χ0n) is 7.73. The molecule has 3 rings (SSSR count). The number of nitrogens with zero attached hydrogens (tertiary/aromatic N) is 1. The van der Waals surface area contributed by atoms with Crippen LogP contribution in [-0.2, 0) is 6.42 Å². The van der Waals surface area contributed by atoms with Crippen LogP contribution in [0.2, 0.25) is 0 Å². The van der Waals surface area contributed by atoms with Crippen LogP contribution in [0.4, 0.5) is 0 Å². The van der Waals surface area contributed by atoms with Gasteiger partial charge in [-0.3, -0.25) is 0 Å². The monoisotopic (exact) mass is 205 g/mol. The van der Waals surface area contributed by atoms with Crippen LogP contribution < -0.4 is 0 Å². The number of aliphatic hydroxyl groups is 1. The molecule has 0 spiro atoms. The molecule has 2 nitrogen and oxygen atoms in total. The predicted molar refractivity (Wildman–Crippen MR) is 57.5 cm³/mol. The first kappa shape index (κ1) is 8.38. The summed E-state index contributed by atoms with van der Waals surface area (Å²) in [5.41, 5.74) is 3.70. The largest absolute Gasteiger partial charge is 0.390 e. The molecule has 1 aromatic heterocycles. The van der Waals surface area contributed by atoms with E-state index in [0.29, 0.717) is 0 Å². The highest BCUT2D eigenvalue weighted by atomic mass is 32.1. The molecule has 1 aliphatic carbocycles. The van der Waals surface area contributed by atoms with Crippen molar-refractivity contribution in [3.63, 3.8) is 0 Å². The van der Waals surface area contributed by atoms with Gasteiger partial charge in [0, 0.05) is 6.42 Å². The second-order valence-electron chi connectivity index (χ2n) is 4.02. The maximum absolute atomic E-state index is 9.85. The first-order chi connectivity index (χ1) is 6.77. The molecular weight excluding hydrogens is 194 g/mol. The van der Waals surface area contributed by atoms with Crippen molar-refractivity contribution in [2.45, 2.75) is 24.9 Å². The van der Waals surface area contributed by atoms with Crippen LogP contribution in [0.3, 0.4) is 0 Å². The number of aromatic nitrogens is 1. The molecule has 1 saturated carbocycles. The number of benzene rings is 1. The average molecular weight is 205 g/mol. The topological polar surface area (TPSA) is 33.1 Å². The molecule has 0 amide bonds. The Bertz CT molecular complexity index is 473. The summed E-state index contributed by atoms with van der Waals surface area (Å²) in [5, 5.41) is 9.85. The third kappa shape index (κ3) is 1.33. The SMILES string of the molecule is OC1(Cc2cccc3scnc23)CC1. The number of hydrogen-bond donors (Lipinski definition) is 1. The maximum Gasteiger partial charge on any atom is 0.0845 e. The van der Waals surface area contributed by atoms with Crippen LogP contribution >= 0.6 is 11.3 Å². The first-order valence-electron chi connectivity index (χ1n) is 4.80. The van der Waals surface area contributed by atoms with Gasteiger partial charge in [0.15, 0.2) is 0 Å². The molecule has 0 atom stereocenters. The van der Waals surface area contributed by atoms with Crippen molar-refractivity contribution in [2.24, 2.45) is 0 Å². The van der Waals surface area contributed by atoms with Gasteiger partial charge in [-0.2, -0.15) is 0 Å². The van der Waals surface area contributed by atoms with Crippen LogP contribution in [0, 0.1) is 0 Å². The lowest BCUT2D eigenvalue weighted by atomic mass is 10.1. The molecular formula is C11H11NOS. The number of para-hydroxylation sites is 1. The molecule has 0 saturated heterocycles. The predicted octanol–water partition coefficient (Wildman–Crippen LogP) is 2.36. The van der Waals surface area contributed by atoms with Crippen molar-refractivity contribution >= 4 is 21.6 Å². The molecule has 0 radical (unpaired) electrons. The van der Waals surface area contributed by atoms with E-state index in [1.54, 1.807) is 11.3 Å². The van der Waals surface area contributed by atoms with E-state index in [1.165, 1.54) is 10.3 Å². The lowest BCUT2D eigenvalue weighted by Crippen LogP contribution is -2.10. The summed E-state index contributed by atoms with van der Waals surface area (Å²) in [6, 6.07) is 6.19. The number of hydrogen-bond acceptors (Lipinski definition) is 3. The van der Waals surface area contributed by atoms with E-state index in [1.807, 2.05) is 11.6 Å². The van der Waals surface area contributed by atoms with E-state index in [-0.39, 0.29) is 0 Å². The van der Waals surface area contributed by atoms with E-state index in [4.69, 9.17) is 0 Å².